The molecular formula is C16H17BrN2OS. The average Bonchev–Trinajstić information content (AvgIpc) is 2.46. The van der Waals surface area contributed by atoms with Crippen LogP contribution in [0.25, 0.3) is 0 Å². The number of benzene rings is 2. The fraction of sp³-hybridized carbons (Fsp3) is 0.188. The van der Waals surface area contributed by atoms with Crippen molar-refractivity contribution in [2.24, 2.45) is 0 Å². The van der Waals surface area contributed by atoms with Crippen LogP contribution in [-0.2, 0) is 0 Å². The zero-order valence-electron chi connectivity index (χ0n) is 11.7. The molecule has 0 unspecified atom stereocenters. The summed E-state index contributed by atoms with van der Waals surface area (Å²) in [5, 5.41) is 6.93. The number of nitrogens with one attached hydrogen (secondary N) is 2. The molecule has 0 radical (unpaired) electrons. The number of rotatable bonds is 5. The molecule has 0 aliphatic rings. The molecule has 3 nitrogen and oxygen atoms in total. The van der Waals surface area contributed by atoms with Crippen molar-refractivity contribution in [2.75, 3.05) is 11.9 Å². The molecule has 0 bridgehead atoms. The Morgan fingerprint density at radius 3 is 2.67 bits per heavy atom. The summed E-state index contributed by atoms with van der Waals surface area (Å²) in [5.41, 5.74) is 0.943. The van der Waals surface area contributed by atoms with Crippen molar-refractivity contribution in [3.8, 4) is 5.75 Å². The first-order chi connectivity index (χ1) is 10.1. The van der Waals surface area contributed by atoms with Crippen LogP contribution >= 0.6 is 28.1 Å². The monoisotopic (exact) mass is 364 g/mol. The van der Waals surface area contributed by atoms with Gasteiger partial charge in [0, 0.05) is 10.2 Å². The van der Waals surface area contributed by atoms with Crippen molar-refractivity contribution >= 4 is 38.9 Å². The number of ether oxygens (including phenoxy) is 1. The number of halogens is 1. The molecule has 0 aliphatic carbocycles. The molecule has 0 aromatic heterocycles. The van der Waals surface area contributed by atoms with Gasteiger partial charge < -0.3 is 15.4 Å². The second kappa shape index (κ2) is 8.00. The molecule has 5 heteroatoms. The molecule has 0 spiro atoms. The van der Waals surface area contributed by atoms with Crippen LogP contribution in [0.15, 0.2) is 59.1 Å². The van der Waals surface area contributed by atoms with Gasteiger partial charge in [-0.15, -0.1) is 0 Å². The smallest absolute Gasteiger partial charge is 0.171 e. The summed E-state index contributed by atoms with van der Waals surface area (Å²) in [7, 11) is 0. The van der Waals surface area contributed by atoms with Gasteiger partial charge in [0.15, 0.2) is 5.11 Å². The maximum Gasteiger partial charge on any atom is 0.171 e. The quantitative estimate of drug-likeness (QED) is 0.778. The Morgan fingerprint density at radius 2 is 1.95 bits per heavy atom. The minimum Gasteiger partial charge on any atom is -0.491 e. The van der Waals surface area contributed by atoms with Crippen molar-refractivity contribution in [1.82, 2.24) is 5.32 Å². The number of hydrogen-bond donors (Lipinski definition) is 2. The maximum atomic E-state index is 5.68. The summed E-state index contributed by atoms with van der Waals surface area (Å²) in [4.78, 5) is 0. The lowest BCUT2D eigenvalue weighted by Crippen LogP contribution is -2.39. The third-order valence-electron chi connectivity index (χ3n) is 2.70. The molecule has 0 amide bonds. The second-order valence-corrected chi connectivity index (χ2v) is 5.96. The van der Waals surface area contributed by atoms with Gasteiger partial charge >= 0.3 is 0 Å². The molecule has 0 saturated heterocycles. The van der Waals surface area contributed by atoms with Crippen LogP contribution in [0.5, 0.6) is 5.75 Å². The van der Waals surface area contributed by atoms with E-state index < -0.39 is 0 Å². The van der Waals surface area contributed by atoms with E-state index in [4.69, 9.17) is 17.0 Å². The highest BCUT2D eigenvalue weighted by Crippen LogP contribution is 2.15. The summed E-state index contributed by atoms with van der Waals surface area (Å²) in [6.07, 6.45) is 0. The van der Waals surface area contributed by atoms with Crippen LogP contribution in [0.2, 0.25) is 0 Å². The average molecular weight is 365 g/mol. The number of anilines is 1. The minimum atomic E-state index is 0.109. The number of para-hydroxylation sites is 1. The summed E-state index contributed by atoms with van der Waals surface area (Å²) in [5.74, 6) is 0.858. The van der Waals surface area contributed by atoms with E-state index in [0.29, 0.717) is 11.7 Å². The van der Waals surface area contributed by atoms with Gasteiger partial charge in [0.1, 0.15) is 12.4 Å². The van der Waals surface area contributed by atoms with Crippen LogP contribution in [0, 0.1) is 0 Å². The molecule has 2 aromatic rings. The van der Waals surface area contributed by atoms with Crippen molar-refractivity contribution in [2.45, 2.75) is 13.0 Å². The molecule has 110 valence electrons. The predicted molar refractivity (Wildman–Crippen MR) is 94.9 cm³/mol. The number of hydrogen-bond acceptors (Lipinski definition) is 2. The molecule has 0 heterocycles. The Kier molecular flexibility index (Phi) is 6.02. The van der Waals surface area contributed by atoms with Crippen molar-refractivity contribution in [3.05, 3.63) is 59.1 Å². The van der Waals surface area contributed by atoms with Crippen LogP contribution in [0.4, 0.5) is 5.69 Å². The first-order valence-corrected chi connectivity index (χ1v) is 7.84. The molecule has 2 N–H and O–H groups in total. The lowest BCUT2D eigenvalue weighted by Gasteiger charge is -2.17. The Bertz CT molecular complexity index is 592. The highest BCUT2D eigenvalue weighted by molar-refractivity contribution is 9.10. The van der Waals surface area contributed by atoms with Gasteiger partial charge in [-0.3, -0.25) is 0 Å². The lowest BCUT2D eigenvalue weighted by molar-refractivity contribution is 0.287. The van der Waals surface area contributed by atoms with Crippen LogP contribution < -0.4 is 15.4 Å². The molecule has 0 saturated carbocycles. The van der Waals surface area contributed by atoms with Gasteiger partial charge in [0.2, 0.25) is 0 Å². The first-order valence-electron chi connectivity index (χ1n) is 6.64. The highest BCUT2D eigenvalue weighted by Gasteiger charge is 2.05. The van der Waals surface area contributed by atoms with Gasteiger partial charge in [-0.2, -0.15) is 0 Å². The van der Waals surface area contributed by atoms with E-state index in [9.17, 15) is 0 Å². The zero-order valence-corrected chi connectivity index (χ0v) is 14.1. The van der Waals surface area contributed by atoms with E-state index >= 15 is 0 Å². The third-order valence-corrected chi connectivity index (χ3v) is 3.42. The van der Waals surface area contributed by atoms with Gasteiger partial charge in [0.25, 0.3) is 0 Å². The largest absolute Gasteiger partial charge is 0.491 e. The van der Waals surface area contributed by atoms with Gasteiger partial charge in [-0.05, 0) is 49.5 Å². The van der Waals surface area contributed by atoms with Crippen LogP contribution in [0.1, 0.15) is 6.92 Å². The molecule has 1 atom stereocenters. The molecule has 2 aromatic carbocycles. The number of thiocarbonyl (C=S) groups is 1. The van der Waals surface area contributed by atoms with Crippen LogP contribution in [-0.4, -0.2) is 17.8 Å². The normalized spacial score (nSPS) is 11.5. The maximum absolute atomic E-state index is 5.68. The van der Waals surface area contributed by atoms with E-state index in [-0.39, 0.29) is 6.04 Å². The third kappa shape index (κ3) is 5.73. The van der Waals surface area contributed by atoms with Crippen molar-refractivity contribution < 1.29 is 4.74 Å². The Balaban J connectivity index is 1.77. The molecule has 0 aliphatic heterocycles. The molecule has 21 heavy (non-hydrogen) atoms. The van der Waals surface area contributed by atoms with Crippen LogP contribution in [0.3, 0.4) is 0 Å². The Labute approximate surface area is 138 Å². The second-order valence-electron chi connectivity index (χ2n) is 4.63. The summed E-state index contributed by atoms with van der Waals surface area (Å²) in [6, 6.07) is 17.7. The fourth-order valence-corrected chi connectivity index (χ4v) is 2.46. The van der Waals surface area contributed by atoms with Crippen molar-refractivity contribution in [1.29, 1.82) is 0 Å². The minimum absolute atomic E-state index is 0.109. The standard InChI is InChI=1S/C16H17BrN2OS/c1-12(11-20-15-8-3-2-4-9-15)18-16(21)19-14-7-5-6-13(17)10-14/h2-10,12H,11H2,1H3,(H2,18,19,21)/t12-/m0/s1. The summed E-state index contributed by atoms with van der Waals surface area (Å²) >= 11 is 8.72. The van der Waals surface area contributed by atoms with Gasteiger partial charge in [-0.25, -0.2) is 0 Å². The van der Waals surface area contributed by atoms with E-state index in [0.717, 1.165) is 15.9 Å². The Morgan fingerprint density at radius 1 is 1.19 bits per heavy atom. The van der Waals surface area contributed by atoms with Crippen molar-refractivity contribution in [3.63, 3.8) is 0 Å². The zero-order chi connectivity index (χ0) is 15.1. The Hall–Kier alpha value is -1.59. The lowest BCUT2D eigenvalue weighted by atomic mass is 10.3. The fourth-order valence-electron chi connectivity index (χ4n) is 1.74. The van der Waals surface area contributed by atoms with Gasteiger partial charge in [0.05, 0.1) is 6.04 Å². The SMILES string of the molecule is C[C@@H](COc1ccccc1)NC(=S)Nc1cccc(Br)c1. The molecule has 2 rings (SSSR count). The summed E-state index contributed by atoms with van der Waals surface area (Å²) in [6.45, 7) is 2.57. The highest BCUT2D eigenvalue weighted by atomic mass is 79.9. The van der Waals surface area contributed by atoms with E-state index in [2.05, 4.69) is 26.6 Å². The summed E-state index contributed by atoms with van der Waals surface area (Å²) < 4.78 is 6.69. The molecule has 0 fully saturated rings. The van der Waals surface area contributed by atoms with Gasteiger partial charge in [-0.1, -0.05) is 40.2 Å². The first kappa shape index (κ1) is 15.8. The predicted octanol–water partition coefficient (Wildman–Crippen LogP) is 4.20. The van der Waals surface area contributed by atoms with E-state index in [1.54, 1.807) is 0 Å². The molecular weight excluding hydrogens is 348 g/mol. The topological polar surface area (TPSA) is 33.3 Å². The van der Waals surface area contributed by atoms with E-state index in [1.807, 2.05) is 61.5 Å². The van der Waals surface area contributed by atoms with E-state index in [1.165, 1.54) is 0 Å².